The minimum atomic E-state index is -0.229. The number of hydrogen-bond donors (Lipinski definition) is 1. The number of H-pyrrole nitrogens is 1. The summed E-state index contributed by atoms with van der Waals surface area (Å²) in [5.41, 5.74) is 2.34. The predicted molar refractivity (Wildman–Crippen MR) is 99.5 cm³/mol. The van der Waals surface area contributed by atoms with Gasteiger partial charge in [-0.2, -0.15) is 5.10 Å². The molecule has 134 valence electrons. The summed E-state index contributed by atoms with van der Waals surface area (Å²) in [6.07, 6.45) is 1.69. The van der Waals surface area contributed by atoms with Crippen LogP contribution in [0.4, 0.5) is 0 Å². The van der Waals surface area contributed by atoms with Crippen molar-refractivity contribution in [1.82, 2.24) is 19.7 Å². The second-order valence-electron chi connectivity index (χ2n) is 6.15. The lowest BCUT2D eigenvalue weighted by Crippen LogP contribution is -2.12. The van der Waals surface area contributed by atoms with Crippen LogP contribution in [0.1, 0.15) is 26.0 Å². The van der Waals surface area contributed by atoms with E-state index in [1.54, 1.807) is 11.7 Å². The molecule has 0 unspecified atom stereocenters. The number of hydrogen-bond acceptors (Lipinski definition) is 5. The number of aryl methyl sites for hydroxylation is 2. The van der Waals surface area contributed by atoms with Crippen LogP contribution in [-0.2, 0) is 13.5 Å². The molecule has 4 rings (SSSR count). The van der Waals surface area contributed by atoms with Gasteiger partial charge < -0.3 is 14.1 Å². The molecular weight excluding hydrogens is 332 g/mol. The van der Waals surface area contributed by atoms with Gasteiger partial charge in [0.15, 0.2) is 28.4 Å². The summed E-state index contributed by atoms with van der Waals surface area (Å²) in [7, 11) is 1.76. The van der Waals surface area contributed by atoms with Crippen LogP contribution in [0, 0.1) is 0 Å². The largest absolute Gasteiger partial charge is 0.490 e. The third kappa shape index (κ3) is 2.56. The highest BCUT2D eigenvalue weighted by Gasteiger charge is 2.18. The highest BCUT2D eigenvalue weighted by Crippen LogP contribution is 2.32. The number of nitrogens with one attached hydrogen (secondary N) is 1. The van der Waals surface area contributed by atoms with Crippen LogP contribution in [0.25, 0.3) is 33.6 Å². The van der Waals surface area contributed by atoms with Crippen LogP contribution in [0.3, 0.4) is 0 Å². The quantitative estimate of drug-likeness (QED) is 0.595. The number of ether oxygens (including phenoxy) is 1. The molecule has 0 aliphatic carbocycles. The minimum absolute atomic E-state index is 0.229. The number of benzene rings is 1. The SMILES string of the molecule is CCCc1nn(C)c2c(=O)[nH]c(-c3cc4cccc(OCC)c4o3)nc12. The molecule has 0 saturated carbocycles. The van der Waals surface area contributed by atoms with Gasteiger partial charge in [0.05, 0.1) is 12.3 Å². The zero-order valence-corrected chi connectivity index (χ0v) is 15.0. The fourth-order valence-corrected chi connectivity index (χ4v) is 3.19. The summed E-state index contributed by atoms with van der Waals surface area (Å²) >= 11 is 0. The lowest BCUT2D eigenvalue weighted by Gasteiger charge is -2.02. The molecular formula is C19H20N4O3. The molecule has 0 saturated heterocycles. The maximum atomic E-state index is 12.6. The van der Waals surface area contributed by atoms with Gasteiger partial charge in [-0.05, 0) is 25.5 Å². The van der Waals surface area contributed by atoms with Crippen molar-refractivity contribution in [2.75, 3.05) is 6.61 Å². The van der Waals surface area contributed by atoms with Crippen LogP contribution >= 0.6 is 0 Å². The van der Waals surface area contributed by atoms with Crippen molar-refractivity contribution in [3.8, 4) is 17.3 Å². The van der Waals surface area contributed by atoms with Crippen LogP contribution < -0.4 is 10.3 Å². The van der Waals surface area contributed by atoms with Crippen molar-refractivity contribution < 1.29 is 9.15 Å². The van der Waals surface area contributed by atoms with Gasteiger partial charge in [-0.15, -0.1) is 0 Å². The van der Waals surface area contributed by atoms with Gasteiger partial charge in [0.2, 0.25) is 0 Å². The average molecular weight is 352 g/mol. The van der Waals surface area contributed by atoms with Crippen molar-refractivity contribution in [2.24, 2.45) is 7.05 Å². The van der Waals surface area contributed by atoms with E-state index in [1.165, 1.54) is 0 Å². The van der Waals surface area contributed by atoms with Crippen molar-refractivity contribution in [1.29, 1.82) is 0 Å². The van der Waals surface area contributed by atoms with E-state index in [2.05, 4.69) is 22.0 Å². The van der Waals surface area contributed by atoms with Crippen molar-refractivity contribution in [3.05, 3.63) is 40.3 Å². The molecule has 4 aromatic rings. The summed E-state index contributed by atoms with van der Waals surface area (Å²) in [6, 6.07) is 7.57. The van der Waals surface area contributed by atoms with Gasteiger partial charge in [0, 0.05) is 12.4 Å². The molecule has 3 heterocycles. The Kier molecular flexibility index (Phi) is 3.99. The summed E-state index contributed by atoms with van der Waals surface area (Å²) < 4.78 is 13.2. The normalized spacial score (nSPS) is 11.5. The van der Waals surface area contributed by atoms with Gasteiger partial charge in [-0.25, -0.2) is 4.98 Å². The van der Waals surface area contributed by atoms with Crippen molar-refractivity contribution in [3.63, 3.8) is 0 Å². The van der Waals surface area contributed by atoms with Crippen LogP contribution in [0.5, 0.6) is 5.75 Å². The Bertz CT molecular complexity index is 1150. The zero-order chi connectivity index (χ0) is 18.3. The van der Waals surface area contributed by atoms with Gasteiger partial charge in [-0.3, -0.25) is 9.48 Å². The molecule has 0 radical (unpaired) electrons. The van der Waals surface area contributed by atoms with Crippen LogP contribution in [0.2, 0.25) is 0 Å². The van der Waals surface area contributed by atoms with E-state index in [0.717, 1.165) is 23.9 Å². The smallest absolute Gasteiger partial charge is 0.277 e. The Labute approximate surface area is 149 Å². The standard InChI is InChI=1S/C19H20N4O3/c1-4-7-12-15-16(23(3)22-12)19(24)21-18(20-15)14-10-11-8-6-9-13(25-5-2)17(11)26-14/h6,8-10H,4-5,7H2,1-3H3,(H,20,21,24). The molecule has 0 fully saturated rings. The maximum Gasteiger partial charge on any atom is 0.277 e. The minimum Gasteiger partial charge on any atom is -0.490 e. The summed E-state index contributed by atoms with van der Waals surface area (Å²) in [6.45, 7) is 4.54. The Morgan fingerprint density at radius 3 is 2.92 bits per heavy atom. The van der Waals surface area contributed by atoms with E-state index < -0.39 is 0 Å². The van der Waals surface area contributed by atoms with Gasteiger partial charge in [-0.1, -0.05) is 25.5 Å². The van der Waals surface area contributed by atoms with E-state index in [9.17, 15) is 4.79 Å². The van der Waals surface area contributed by atoms with Crippen LogP contribution in [-0.4, -0.2) is 26.4 Å². The molecule has 0 spiro atoms. The third-order valence-electron chi connectivity index (χ3n) is 4.29. The fourth-order valence-electron chi connectivity index (χ4n) is 3.19. The number of para-hydroxylation sites is 1. The molecule has 1 N–H and O–H groups in total. The van der Waals surface area contributed by atoms with E-state index in [1.807, 2.05) is 31.2 Å². The van der Waals surface area contributed by atoms with Gasteiger partial charge >= 0.3 is 0 Å². The fraction of sp³-hybridized carbons (Fsp3) is 0.316. The monoisotopic (exact) mass is 352 g/mol. The molecule has 7 nitrogen and oxygen atoms in total. The second kappa shape index (κ2) is 6.33. The van der Waals surface area contributed by atoms with E-state index >= 15 is 0 Å². The molecule has 3 aromatic heterocycles. The molecule has 0 atom stereocenters. The first-order chi connectivity index (χ1) is 12.6. The van der Waals surface area contributed by atoms with E-state index in [4.69, 9.17) is 9.15 Å². The van der Waals surface area contributed by atoms with Crippen LogP contribution in [0.15, 0.2) is 33.5 Å². The second-order valence-corrected chi connectivity index (χ2v) is 6.15. The number of fused-ring (bicyclic) bond motifs is 2. The third-order valence-corrected chi connectivity index (χ3v) is 4.29. The lowest BCUT2D eigenvalue weighted by atomic mass is 10.2. The Hall–Kier alpha value is -3.09. The number of rotatable bonds is 5. The Morgan fingerprint density at radius 2 is 2.15 bits per heavy atom. The number of aromatic nitrogens is 4. The Morgan fingerprint density at radius 1 is 1.31 bits per heavy atom. The number of nitrogens with zero attached hydrogens (tertiary/aromatic N) is 3. The lowest BCUT2D eigenvalue weighted by molar-refractivity contribution is 0.339. The Balaban J connectivity index is 1.91. The molecule has 0 aliphatic heterocycles. The van der Waals surface area contributed by atoms with Crippen molar-refractivity contribution in [2.45, 2.75) is 26.7 Å². The zero-order valence-electron chi connectivity index (χ0n) is 15.0. The van der Waals surface area contributed by atoms with Gasteiger partial charge in [0.1, 0.15) is 5.52 Å². The summed E-state index contributed by atoms with van der Waals surface area (Å²) in [5, 5.41) is 5.34. The predicted octanol–water partition coefficient (Wildman–Crippen LogP) is 3.42. The van der Waals surface area contributed by atoms with Gasteiger partial charge in [0.25, 0.3) is 5.56 Å². The molecule has 0 bridgehead atoms. The topological polar surface area (TPSA) is 85.9 Å². The first kappa shape index (κ1) is 16.4. The number of furan rings is 1. The highest BCUT2D eigenvalue weighted by molar-refractivity contribution is 5.87. The highest BCUT2D eigenvalue weighted by atomic mass is 16.5. The first-order valence-electron chi connectivity index (χ1n) is 8.74. The molecule has 0 aliphatic rings. The van der Waals surface area contributed by atoms with E-state index in [0.29, 0.717) is 40.6 Å². The first-order valence-corrected chi connectivity index (χ1v) is 8.74. The molecule has 1 aromatic carbocycles. The molecule has 0 amide bonds. The van der Waals surface area contributed by atoms with Crippen molar-refractivity contribution >= 4 is 22.0 Å². The molecule has 7 heteroatoms. The average Bonchev–Trinajstić information content (AvgIpc) is 3.18. The maximum absolute atomic E-state index is 12.6. The number of aromatic amines is 1. The van der Waals surface area contributed by atoms with E-state index in [-0.39, 0.29) is 5.56 Å². The molecule has 26 heavy (non-hydrogen) atoms. The summed E-state index contributed by atoms with van der Waals surface area (Å²) in [5.74, 6) is 1.57. The summed E-state index contributed by atoms with van der Waals surface area (Å²) in [4.78, 5) is 20.0.